The van der Waals surface area contributed by atoms with Gasteiger partial charge in [-0.15, -0.1) is 0 Å². The number of benzene rings is 2. The molecule has 0 radical (unpaired) electrons. The second-order valence-electron chi connectivity index (χ2n) is 5.29. The van der Waals surface area contributed by atoms with Crippen molar-refractivity contribution in [1.82, 2.24) is 4.90 Å². The molecule has 0 atom stereocenters. The van der Waals surface area contributed by atoms with E-state index in [0.717, 1.165) is 0 Å². The minimum Gasteiger partial charge on any atom is -0.492 e. The van der Waals surface area contributed by atoms with Crippen molar-refractivity contribution in [3.8, 4) is 5.75 Å². The maximum Gasteiger partial charge on any atom is 0.273 e. The molecule has 7 heteroatoms. The molecule has 2 rings (SSSR count). The lowest BCUT2D eigenvalue weighted by molar-refractivity contribution is -0.385. The van der Waals surface area contributed by atoms with Gasteiger partial charge >= 0.3 is 0 Å². The Labute approximate surface area is 138 Å². The zero-order chi connectivity index (χ0) is 17.7. The number of ether oxygens (including phenoxy) is 1. The van der Waals surface area contributed by atoms with Gasteiger partial charge in [-0.25, -0.2) is 4.39 Å². The van der Waals surface area contributed by atoms with Crippen molar-refractivity contribution in [2.75, 3.05) is 20.2 Å². The quantitative estimate of drug-likeness (QED) is 0.601. The van der Waals surface area contributed by atoms with Gasteiger partial charge < -0.3 is 9.64 Å². The molecule has 0 N–H and O–H groups in total. The van der Waals surface area contributed by atoms with E-state index < -0.39 is 4.92 Å². The normalized spacial score (nSPS) is 10.3. The molecule has 0 bridgehead atoms. The predicted octanol–water partition coefficient (Wildman–Crippen LogP) is 3.19. The smallest absolute Gasteiger partial charge is 0.273 e. The fourth-order valence-corrected chi connectivity index (χ4v) is 2.09. The summed E-state index contributed by atoms with van der Waals surface area (Å²) < 4.78 is 18.2. The van der Waals surface area contributed by atoms with Gasteiger partial charge in [0.1, 0.15) is 18.2 Å². The number of nitrogens with zero attached hydrogens (tertiary/aromatic N) is 2. The zero-order valence-electron chi connectivity index (χ0n) is 13.4. The van der Waals surface area contributed by atoms with Gasteiger partial charge in [-0.1, -0.05) is 6.07 Å². The minimum absolute atomic E-state index is 0.0863. The third kappa shape index (κ3) is 4.28. The number of halogens is 1. The van der Waals surface area contributed by atoms with E-state index in [2.05, 4.69) is 0 Å². The van der Waals surface area contributed by atoms with Crippen molar-refractivity contribution in [3.05, 3.63) is 69.5 Å². The largest absolute Gasteiger partial charge is 0.492 e. The molecule has 2 aromatic rings. The summed E-state index contributed by atoms with van der Waals surface area (Å²) in [5.41, 5.74) is 0.659. The first-order chi connectivity index (χ1) is 11.4. The van der Waals surface area contributed by atoms with Crippen LogP contribution in [0.15, 0.2) is 42.5 Å². The number of nitro benzene ring substituents is 1. The van der Waals surface area contributed by atoms with Crippen molar-refractivity contribution in [2.24, 2.45) is 0 Å². The molecule has 0 aliphatic heterocycles. The van der Waals surface area contributed by atoms with E-state index in [1.165, 1.54) is 35.2 Å². The lowest BCUT2D eigenvalue weighted by Crippen LogP contribution is -2.30. The van der Waals surface area contributed by atoms with Gasteiger partial charge in [0, 0.05) is 24.2 Å². The van der Waals surface area contributed by atoms with Gasteiger partial charge in [0.05, 0.1) is 11.5 Å². The molecular weight excluding hydrogens is 315 g/mol. The summed E-state index contributed by atoms with van der Waals surface area (Å²) in [5, 5.41) is 11.0. The van der Waals surface area contributed by atoms with E-state index in [1.54, 1.807) is 26.1 Å². The molecule has 0 aromatic heterocycles. The molecule has 0 unspecified atom stereocenters. The SMILES string of the molecule is Cc1ccc(C(=O)N(C)CCOc2ccc(F)cc2)cc1[N+](=O)[O-]. The summed E-state index contributed by atoms with van der Waals surface area (Å²) in [4.78, 5) is 24.2. The van der Waals surface area contributed by atoms with Gasteiger partial charge in [-0.05, 0) is 37.3 Å². The Kier molecular flexibility index (Phi) is 5.47. The number of hydrogen-bond acceptors (Lipinski definition) is 4. The Balaban J connectivity index is 1.95. The standard InChI is InChI=1S/C17H17FN2O4/c1-12-3-4-13(11-16(12)20(22)23)17(21)19(2)9-10-24-15-7-5-14(18)6-8-15/h3-8,11H,9-10H2,1-2H3. The topological polar surface area (TPSA) is 72.7 Å². The van der Waals surface area contributed by atoms with E-state index in [4.69, 9.17) is 4.74 Å². The first-order valence-electron chi connectivity index (χ1n) is 7.27. The van der Waals surface area contributed by atoms with Crippen LogP contribution in [0.3, 0.4) is 0 Å². The summed E-state index contributed by atoms with van der Waals surface area (Å²) >= 11 is 0. The second-order valence-corrected chi connectivity index (χ2v) is 5.29. The van der Waals surface area contributed by atoms with Crippen LogP contribution in [0, 0.1) is 22.9 Å². The Morgan fingerprint density at radius 1 is 1.25 bits per heavy atom. The van der Waals surface area contributed by atoms with Crippen LogP contribution in [0.25, 0.3) is 0 Å². The molecule has 0 saturated heterocycles. The van der Waals surface area contributed by atoms with Crippen LogP contribution in [-0.2, 0) is 0 Å². The fourth-order valence-electron chi connectivity index (χ4n) is 2.09. The number of carbonyl (C=O) groups excluding carboxylic acids is 1. The van der Waals surface area contributed by atoms with Crippen molar-refractivity contribution in [1.29, 1.82) is 0 Å². The number of hydrogen-bond donors (Lipinski definition) is 0. The van der Waals surface area contributed by atoms with Crippen molar-refractivity contribution < 1.29 is 18.8 Å². The Morgan fingerprint density at radius 2 is 1.92 bits per heavy atom. The Hall–Kier alpha value is -2.96. The third-order valence-electron chi connectivity index (χ3n) is 3.51. The van der Waals surface area contributed by atoms with Gasteiger partial charge in [0.25, 0.3) is 11.6 Å². The van der Waals surface area contributed by atoms with Crippen molar-refractivity contribution in [2.45, 2.75) is 6.92 Å². The molecule has 1 amide bonds. The Bertz CT molecular complexity index is 747. The van der Waals surface area contributed by atoms with Crippen LogP contribution in [0.5, 0.6) is 5.75 Å². The molecule has 0 fully saturated rings. The Morgan fingerprint density at radius 3 is 2.54 bits per heavy atom. The highest BCUT2D eigenvalue weighted by molar-refractivity contribution is 5.94. The van der Waals surface area contributed by atoms with Crippen molar-refractivity contribution in [3.63, 3.8) is 0 Å². The molecular formula is C17H17FN2O4. The van der Waals surface area contributed by atoms with E-state index in [0.29, 0.717) is 11.3 Å². The van der Waals surface area contributed by atoms with Crippen LogP contribution in [0.1, 0.15) is 15.9 Å². The highest BCUT2D eigenvalue weighted by Crippen LogP contribution is 2.20. The molecule has 0 saturated carbocycles. The molecule has 6 nitrogen and oxygen atoms in total. The number of rotatable bonds is 6. The summed E-state index contributed by atoms with van der Waals surface area (Å²) in [6, 6.07) is 9.96. The average molecular weight is 332 g/mol. The number of amides is 1. The number of carbonyl (C=O) groups is 1. The van der Waals surface area contributed by atoms with Crippen LogP contribution < -0.4 is 4.74 Å². The molecule has 0 aliphatic carbocycles. The van der Waals surface area contributed by atoms with Gasteiger partial charge in [-0.3, -0.25) is 14.9 Å². The summed E-state index contributed by atoms with van der Waals surface area (Å²) in [6.07, 6.45) is 0. The number of aryl methyl sites for hydroxylation is 1. The second kappa shape index (κ2) is 7.54. The maximum absolute atomic E-state index is 12.8. The van der Waals surface area contributed by atoms with Gasteiger partial charge in [0.15, 0.2) is 0 Å². The molecule has 0 spiro atoms. The number of nitro groups is 1. The van der Waals surface area contributed by atoms with Gasteiger partial charge in [-0.2, -0.15) is 0 Å². The summed E-state index contributed by atoms with van der Waals surface area (Å²) in [6.45, 7) is 2.13. The van der Waals surface area contributed by atoms with E-state index >= 15 is 0 Å². The van der Waals surface area contributed by atoms with E-state index in [1.807, 2.05) is 0 Å². The zero-order valence-corrected chi connectivity index (χ0v) is 13.4. The highest BCUT2D eigenvalue weighted by Gasteiger charge is 2.17. The summed E-state index contributed by atoms with van der Waals surface area (Å²) in [5.74, 6) is -0.181. The van der Waals surface area contributed by atoms with E-state index in [9.17, 15) is 19.3 Å². The lowest BCUT2D eigenvalue weighted by atomic mass is 10.1. The van der Waals surface area contributed by atoms with Crippen LogP contribution in [0.4, 0.5) is 10.1 Å². The number of likely N-dealkylation sites (N-methyl/N-ethyl adjacent to an activating group) is 1. The average Bonchev–Trinajstić information content (AvgIpc) is 2.56. The molecule has 24 heavy (non-hydrogen) atoms. The van der Waals surface area contributed by atoms with Crippen LogP contribution in [0.2, 0.25) is 0 Å². The van der Waals surface area contributed by atoms with E-state index in [-0.39, 0.29) is 36.1 Å². The van der Waals surface area contributed by atoms with Gasteiger partial charge in [0.2, 0.25) is 0 Å². The molecule has 0 aliphatic rings. The summed E-state index contributed by atoms with van der Waals surface area (Å²) in [7, 11) is 1.59. The monoisotopic (exact) mass is 332 g/mol. The first-order valence-corrected chi connectivity index (χ1v) is 7.27. The highest BCUT2D eigenvalue weighted by atomic mass is 19.1. The third-order valence-corrected chi connectivity index (χ3v) is 3.51. The van der Waals surface area contributed by atoms with Crippen molar-refractivity contribution >= 4 is 11.6 Å². The minimum atomic E-state index is -0.510. The molecule has 126 valence electrons. The fraction of sp³-hybridized carbons (Fsp3) is 0.235. The lowest BCUT2D eigenvalue weighted by Gasteiger charge is -2.17. The first kappa shape index (κ1) is 17.4. The van der Waals surface area contributed by atoms with Crippen LogP contribution in [-0.4, -0.2) is 35.9 Å². The maximum atomic E-state index is 12.8. The molecule has 2 aromatic carbocycles. The predicted molar refractivity (Wildman–Crippen MR) is 86.7 cm³/mol. The molecule has 0 heterocycles. The van der Waals surface area contributed by atoms with Crippen LogP contribution >= 0.6 is 0 Å².